The van der Waals surface area contributed by atoms with Gasteiger partial charge in [0.05, 0.1) is 21.7 Å². The van der Waals surface area contributed by atoms with Crippen molar-refractivity contribution in [1.82, 2.24) is 0 Å². The van der Waals surface area contributed by atoms with Gasteiger partial charge in [0.1, 0.15) is 0 Å². The van der Waals surface area contributed by atoms with Gasteiger partial charge in [0.15, 0.2) is 0 Å². The Morgan fingerprint density at radius 1 is 0.472 bits per heavy atom. The summed E-state index contributed by atoms with van der Waals surface area (Å²) in [6.07, 6.45) is 17.4. The first kappa shape index (κ1) is 43.4. The summed E-state index contributed by atoms with van der Waals surface area (Å²) in [6.45, 7) is 4.33. The molecule has 0 aliphatic rings. The molecule has 0 radical (unpaired) electrons. The molecule has 0 N–H and O–H groups in total. The zero-order chi connectivity index (χ0) is 26.2. The molecule has 8 nitrogen and oxygen atoms in total. The van der Waals surface area contributed by atoms with E-state index in [-0.39, 0.29) is 72.0 Å². The van der Waals surface area contributed by atoms with Crippen molar-refractivity contribution in [3.05, 3.63) is 0 Å². The van der Waals surface area contributed by atoms with Crippen molar-refractivity contribution in [3.8, 4) is 0 Å². The molecule has 0 unspecified atom stereocenters. The fourth-order valence-electron chi connectivity index (χ4n) is 3.35. The number of unbranched alkanes of at least 4 members (excludes halogenated alkanes) is 14. The maximum atomic E-state index is 10.5. The van der Waals surface area contributed by atoms with Crippen LogP contribution in [-0.4, -0.2) is 38.5 Å². The number of carboxylic acids is 2. The first-order valence-electron chi connectivity index (χ1n) is 12.5. The quantitative estimate of drug-likeness (QED) is 0.0840. The average molecular weight is 569 g/mol. The largest absolute Gasteiger partial charge is 1.00 e. The van der Waals surface area contributed by atoms with Gasteiger partial charge in [0.25, 0.3) is 0 Å². The first-order chi connectivity index (χ1) is 16.2. The molecule has 0 saturated carbocycles. The minimum absolute atomic E-state index is 0. The van der Waals surface area contributed by atoms with Crippen LogP contribution in [0.25, 0.3) is 0 Å². The Kier molecular flexibility index (Phi) is 38.0. The van der Waals surface area contributed by atoms with Crippen LogP contribution in [-0.2, 0) is 30.2 Å². The van der Waals surface area contributed by atoms with E-state index in [1.807, 2.05) is 0 Å². The molecule has 0 atom stereocenters. The Hall–Kier alpha value is 0.320. The van der Waals surface area contributed by atoms with Crippen LogP contribution < -0.4 is 69.3 Å². The van der Waals surface area contributed by atoms with E-state index in [1.165, 1.54) is 51.4 Å². The number of carbonyl (C=O) groups excluding carboxylic acids is 2. The molecule has 0 aromatic heterocycles. The van der Waals surface area contributed by atoms with E-state index in [9.17, 15) is 36.6 Å². The normalized spacial score (nSPS) is 9.61. The van der Waals surface area contributed by atoms with E-state index in [0.29, 0.717) is 12.8 Å². The zero-order valence-corrected chi connectivity index (χ0v) is 28.4. The van der Waals surface area contributed by atoms with E-state index in [1.54, 1.807) is 0 Å². The second-order valence-electron chi connectivity index (χ2n) is 8.34. The van der Waals surface area contributed by atoms with E-state index in [0.717, 1.165) is 38.5 Å². The molecular weight excluding hydrogens is 526 g/mol. The number of hydrogen-bond acceptors (Lipinski definition) is 8. The van der Waals surface area contributed by atoms with Crippen LogP contribution in [0, 0.1) is 0 Å². The summed E-state index contributed by atoms with van der Waals surface area (Å²) in [5, 5.41) is 20.9. The number of carboxylic acid groups (broad SMARTS) is 2. The summed E-state index contributed by atoms with van der Waals surface area (Å²) in [4.78, 5) is 19.9. The average Bonchev–Trinajstić information content (AvgIpc) is 2.76. The molecule has 0 saturated heterocycles. The van der Waals surface area contributed by atoms with Crippen LogP contribution in [0.2, 0.25) is 0 Å². The molecule has 0 aliphatic heterocycles. The molecule has 12 heteroatoms. The van der Waals surface area contributed by atoms with Crippen molar-refractivity contribution in [2.45, 2.75) is 129 Å². The van der Waals surface area contributed by atoms with Gasteiger partial charge in [0.2, 0.25) is 20.6 Å². The van der Waals surface area contributed by atoms with Crippen LogP contribution in [0.15, 0.2) is 0 Å². The third-order valence-corrected chi connectivity index (χ3v) is 6.92. The molecule has 0 fully saturated rings. The van der Waals surface area contributed by atoms with Crippen molar-refractivity contribution in [1.29, 1.82) is 0 Å². The van der Waals surface area contributed by atoms with Crippen LogP contribution in [0.5, 0.6) is 0 Å². The van der Waals surface area contributed by atoms with E-state index < -0.39 is 42.3 Å². The molecular formula is C24H42Na2O8S2. The van der Waals surface area contributed by atoms with Crippen molar-refractivity contribution < 1.29 is 95.8 Å². The molecule has 0 bridgehead atoms. The zero-order valence-electron chi connectivity index (χ0n) is 22.8. The minimum atomic E-state index is -2.64. The number of hydrogen-bond donors (Lipinski definition) is 0. The van der Waals surface area contributed by atoms with Crippen molar-refractivity contribution in [2.75, 3.05) is 0 Å². The summed E-state index contributed by atoms with van der Waals surface area (Å²) < 4.78 is 42.1. The summed E-state index contributed by atoms with van der Waals surface area (Å²) >= 11 is 0. The van der Waals surface area contributed by atoms with Gasteiger partial charge < -0.3 is 19.8 Å². The monoisotopic (exact) mass is 568 g/mol. The topological polar surface area (TPSA) is 149 Å². The maximum absolute atomic E-state index is 10.5. The van der Waals surface area contributed by atoms with Crippen LogP contribution in [0.3, 0.4) is 0 Å². The molecule has 0 aliphatic carbocycles. The Morgan fingerprint density at radius 2 is 0.694 bits per heavy atom. The van der Waals surface area contributed by atoms with E-state index >= 15 is 0 Å². The molecule has 200 valence electrons. The molecule has 0 rings (SSSR count). The SMILES string of the molecule is CCCCCCCCCCC(C(=O)[O-])=S(=O)=O.CCCCCCCCCCC(C(=O)[O-])=S(=O)=O.[Na+].[Na+]. The summed E-state index contributed by atoms with van der Waals surface area (Å²) in [6, 6.07) is 0. The standard InChI is InChI=1S/2C12H22O4S.2Na/c2*1-2-3-4-5-6-7-8-9-10-11(12(13)14)17(15)16;;/h2*2-10H2,1H3,(H,13,14);;/q;;2*+1/p-2. The first-order valence-corrected chi connectivity index (χ1v) is 14.7. The van der Waals surface area contributed by atoms with Gasteiger partial charge in [-0.15, -0.1) is 0 Å². The van der Waals surface area contributed by atoms with Crippen molar-refractivity contribution in [2.24, 2.45) is 0 Å². The third-order valence-electron chi connectivity index (χ3n) is 5.37. The molecule has 36 heavy (non-hydrogen) atoms. The summed E-state index contributed by atoms with van der Waals surface area (Å²) in [7, 11) is -5.28. The molecule has 0 aromatic rings. The van der Waals surface area contributed by atoms with Crippen molar-refractivity contribution in [3.63, 3.8) is 0 Å². The van der Waals surface area contributed by atoms with Gasteiger partial charge in [-0.05, 0) is 25.7 Å². The Balaban J connectivity index is -0.000000269. The molecule has 0 heterocycles. The fraction of sp³-hybridized carbons (Fsp3) is 0.833. The Morgan fingerprint density at radius 3 is 0.889 bits per heavy atom. The molecule has 0 aromatic carbocycles. The predicted octanol–water partition coefficient (Wildman–Crippen LogP) is -3.35. The summed E-state index contributed by atoms with van der Waals surface area (Å²) in [5.74, 6) is -3.14. The van der Waals surface area contributed by atoms with Gasteiger partial charge in [-0.1, -0.05) is 104 Å². The van der Waals surface area contributed by atoms with Gasteiger partial charge >= 0.3 is 59.1 Å². The second-order valence-corrected chi connectivity index (χ2v) is 10.3. The van der Waals surface area contributed by atoms with Crippen LogP contribution in [0.4, 0.5) is 0 Å². The van der Waals surface area contributed by atoms with Crippen LogP contribution >= 0.6 is 0 Å². The summed E-state index contributed by atoms with van der Waals surface area (Å²) in [5.41, 5.74) is 0. The third kappa shape index (κ3) is 28.9. The van der Waals surface area contributed by atoms with E-state index in [4.69, 9.17) is 0 Å². The Bertz CT molecular complexity index is 752. The van der Waals surface area contributed by atoms with E-state index in [2.05, 4.69) is 13.8 Å². The predicted molar refractivity (Wildman–Crippen MR) is 132 cm³/mol. The number of rotatable bonds is 20. The number of aliphatic carboxylic acids is 2. The maximum Gasteiger partial charge on any atom is 1.00 e. The fourth-order valence-corrected chi connectivity index (χ4v) is 4.24. The minimum Gasteiger partial charge on any atom is -0.544 e. The molecule has 0 amide bonds. The van der Waals surface area contributed by atoms with Crippen molar-refractivity contribution >= 4 is 42.3 Å². The smallest absolute Gasteiger partial charge is 0.544 e. The van der Waals surface area contributed by atoms with Gasteiger partial charge in [-0.2, -0.15) is 16.8 Å². The number of carbonyl (C=O) groups is 2. The molecule has 0 spiro atoms. The van der Waals surface area contributed by atoms with Gasteiger partial charge in [-0.3, -0.25) is 0 Å². The van der Waals surface area contributed by atoms with Gasteiger partial charge in [-0.25, -0.2) is 0 Å². The Labute approximate surface area is 265 Å². The second kappa shape index (κ2) is 31.5. The van der Waals surface area contributed by atoms with Gasteiger partial charge in [0, 0.05) is 0 Å². The van der Waals surface area contributed by atoms with Crippen LogP contribution in [0.1, 0.15) is 129 Å².